The number of hydrogen-bond acceptors (Lipinski definition) is 9. The molecule has 0 spiro atoms. The first-order chi connectivity index (χ1) is 13.7. The second-order valence-corrected chi connectivity index (χ2v) is 5.55. The first-order valence-corrected chi connectivity index (χ1v) is 7.90. The van der Waals surface area contributed by atoms with Gasteiger partial charge in [0.25, 0.3) is 5.69 Å². The van der Waals surface area contributed by atoms with Crippen molar-refractivity contribution in [2.24, 2.45) is 5.10 Å². The van der Waals surface area contributed by atoms with Gasteiger partial charge in [-0.15, -0.1) is 0 Å². The SMILES string of the molecule is CN(C)C=O.COc1cccc(/C=N/Nc2ccc([N+](=O)[O-])cc2[N+](=O)[O-])c1O. The number of rotatable bonds is 7. The van der Waals surface area contributed by atoms with E-state index in [1.165, 1.54) is 24.3 Å². The number of phenols is 1. The molecule has 2 rings (SSSR count). The van der Waals surface area contributed by atoms with Crippen LogP contribution in [0.5, 0.6) is 11.5 Å². The molecule has 0 saturated carbocycles. The maximum absolute atomic E-state index is 11.0. The predicted octanol–water partition coefficient (Wildman–Crippen LogP) is 2.37. The number of aromatic hydroxyl groups is 1. The van der Waals surface area contributed by atoms with Crippen LogP contribution in [0.15, 0.2) is 41.5 Å². The average molecular weight is 405 g/mol. The number of nitro benzene ring substituents is 2. The van der Waals surface area contributed by atoms with Crippen LogP contribution >= 0.6 is 0 Å². The molecule has 154 valence electrons. The van der Waals surface area contributed by atoms with Gasteiger partial charge < -0.3 is 14.7 Å². The Labute approximate surface area is 165 Å². The summed E-state index contributed by atoms with van der Waals surface area (Å²) >= 11 is 0. The van der Waals surface area contributed by atoms with E-state index in [2.05, 4.69) is 10.5 Å². The third-order valence-corrected chi connectivity index (χ3v) is 3.24. The lowest BCUT2D eigenvalue weighted by Crippen LogP contribution is -2.06. The molecule has 0 aliphatic rings. The van der Waals surface area contributed by atoms with Crippen LogP contribution in [0.25, 0.3) is 0 Å². The summed E-state index contributed by atoms with van der Waals surface area (Å²) in [4.78, 5) is 31.1. The number of amides is 1. The van der Waals surface area contributed by atoms with E-state index in [0.29, 0.717) is 5.56 Å². The van der Waals surface area contributed by atoms with Crippen molar-refractivity contribution in [3.63, 3.8) is 0 Å². The highest BCUT2D eigenvalue weighted by molar-refractivity contribution is 5.85. The van der Waals surface area contributed by atoms with Gasteiger partial charge in [-0.2, -0.15) is 5.10 Å². The Bertz CT molecular complexity index is 915. The van der Waals surface area contributed by atoms with E-state index >= 15 is 0 Å². The van der Waals surface area contributed by atoms with Crippen LogP contribution < -0.4 is 10.2 Å². The summed E-state index contributed by atoms with van der Waals surface area (Å²) in [5.74, 6) is 0.115. The van der Waals surface area contributed by atoms with E-state index in [-0.39, 0.29) is 17.2 Å². The van der Waals surface area contributed by atoms with Crippen molar-refractivity contribution in [2.45, 2.75) is 0 Å². The fourth-order valence-corrected chi connectivity index (χ4v) is 1.86. The molecule has 2 aromatic rings. The molecule has 0 aliphatic carbocycles. The summed E-state index contributed by atoms with van der Waals surface area (Å²) in [6.07, 6.45) is 1.99. The van der Waals surface area contributed by atoms with E-state index in [1.807, 2.05) is 0 Å². The molecule has 0 radical (unpaired) electrons. The van der Waals surface area contributed by atoms with E-state index in [0.717, 1.165) is 18.5 Å². The van der Waals surface area contributed by atoms with Crippen LogP contribution in [-0.2, 0) is 4.79 Å². The number of nitrogens with zero attached hydrogens (tertiary/aromatic N) is 4. The van der Waals surface area contributed by atoms with Crippen LogP contribution in [0.4, 0.5) is 17.1 Å². The maximum atomic E-state index is 11.0. The lowest BCUT2D eigenvalue weighted by molar-refractivity contribution is -0.393. The number of methoxy groups -OCH3 is 1. The quantitative estimate of drug-likeness (QED) is 0.307. The fraction of sp³-hybridized carbons (Fsp3) is 0.176. The number of hydrogen-bond donors (Lipinski definition) is 2. The van der Waals surface area contributed by atoms with Crippen molar-refractivity contribution in [1.82, 2.24) is 4.90 Å². The molecule has 0 heterocycles. The summed E-state index contributed by atoms with van der Waals surface area (Å²) in [5.41, 5.74) is 1.84. The fourth-order valence-electron chi connectivity index (χ4n) is 1.86. The number of anilines is 1. The number of carbonyl (C=O) groups excluding carboxylic acids is 1. The van der Waals surface area contributed by atoms with E-state index in [9.17, 15) is 30.1 Å². The number of para-hydroxylation sites is 1. The molecule has 0 aromatic heterocycles. The standard InChI is InChI=1S/C14H12N4O6.C3H7NO/c1-24-13-4-2-3-9(14(13)19)8-15-16-11-6-5-10(17(20)21)7-12(11)18(22)23;1-4(2)3-5/h2-8,16,19H,1H3;3H,1-2H3/b15-8+;. The minimum atomic E-state index is -0.756. The topological polar surface area (TPSA) is 160 Å². The predicted molar refractivity (Wildman–Crippen MR) is 105 cm³/mol. The van der Waals surface area contributed by atoms with Crippen molar-refractivity contribution in [1.29, 1.82) is 0 Å². The van der Waals surface area contributed by atoms with Crippen LogP contribution in [0.3, 0.4) is 0 Å². The van der Waals surface area contributed by atoms with E-state index < -0.39 is 21.2 Å². The Morgan fingerprint density at radius 1 is 1.17 bits per heavy atom. The zero-order valence-electron chi connectivity index (χ0n) is 15.8. The summed E-state index contributed by atoms with van der Waals surface area (Å²) in [7, 11) is 4.77. The third-order valence-electron chi connectivity index (χ3n) is 3.24. The lowest BCUT2D eigenvalue weighted by Gasteiger charge is -2.05. The van der Waals surface area contributed by atoms with Gasteiger partial charge in [0.05, 0.1) is 29.2 Å². The van der Waals surface area contributed by atoms with Gasteiger partial charge in [0, 0.05) is 25.7 Å². The molecule has 0 bridgehead atoms. The molecule has 12 heteroatoms. The van der Waals surface area contributed by atoms with E-state index in [4.69, 9.17) is 4.74 Å². The summed E-state index contributed by atoms with van der Waals surface area (Å²) < 4.78 is 4.95. The number of ether oxygens (including phenoxy) is 1. The average Bonchev–Trinajstić information content (AvgIpc) is 2.69. The molecule has 2 N–H and O–H groups in total. The number of nitrogens with one attached hydrogen (secondary N) is 1. The minimum absolute atomic E-state index is 0.0239. The summed E-state index contributed by atoms with van der Waals surface area (Å²) in [6.45, 7) is 0. The first-order valence-electron chi connectivity index (χ1n) is 7.90. The lowest BCUT2D eigenvalue weighted by atomic mass is 10.2. The maximum Gasteiger partial charge on any atom is 0.301 e. The Kier molecular flexibility index (Phi) is 8.51. The molecule has 29 heavy (non-hydrogen) atoms. The van der Waals surface area contributed by atoms with Crippen molar-refractivity contribution < 1.29 is 24.5 Å². The number of benzene rings is 2. The normalized spacial score (nSPS) is 9.90. The molecule has 0 unspecified atom stereocenters. The molecule has 0 aliphatic heterocycles. The molecule has 12 nitrogen and oxygen atoms in total. The van der Waals surface area contributed by atoms with Crippen LogP contribution in [0.2, 0.25) is 0 Å². The van der Waals surface area contributed by atoms with Gasteiger partial charge in [0.1, 0.15) is 5.69 Å². The Balaban J connectivity index is 0.000000749. The highest BCUT2D eigenvalue weighted by Gasteiger charge is 2.19. The molecule has 2 aromatic carbocycles. The molecule has 0 saturated heterocycles. The van der Waals surface area contributed by atoms with E-state index in [1.54, 1.807) is 32.3 Å². The van der Waals surface area contributed by atoms with Gasteiger partial charge in [-0.1, -0.05) is 6.07 Å². The van der Waals surface area contributed by atoms with Crippen LogP contribution in [-0.4, -0.2) is 53.7 Å². The zero-order valence-corrected chi connectivity index (χ0v) is 15.8. The smallest absolute Gasteiger partial charge is 0.301 e. The highest BCUT2D eigenvalue weighted by Crippen LogP contribution is 2.30. The minimum Gasteiger partial charge on any atom is -0.504 e. The van der Waals surface area contributed by atoms with Crippen molar-refractivity contribution >= 4 is 29.7 Å². The Morgan fingerprint density at radius 3 is 2.34 bits per heavy atom. The Morgan fingerprint density at radius 2 is 1.83 bits per heavy atom. The molecular weight excluding hydrogens is 386 g/mol. The zero-order chi connectivity index (χ0) is 22.0. The van der Waals surface area contributed by atoms with Crippen LogP contribution in [0.1, 0.15) is 5.56 Å². The van der Waals surface area contributed by atoms with Gasteiger partial charge in [-0.05, 0) is 18.2 Å². The number of phenolic OH excluding ortho intramolecular Hbond substituents is 1. The van der Waals surface area contributed by atoms with Gasteiger partial charge >= 0.3 is 5.69 Å². The monoisotopic (exact) mass is 405 g/mol. The van der Waals surface area contributed by atoms with Gasteiger partial charge in [0.15, 0.2) is 11.5 Å². The van der Waals surface area contributed by atoms with Crippen LogP contribution in [0, 0.1) is 20.2 Å². The second kappa shape index (κ2) is 10.8. The summed E-state index contributed by atoms with van der Waals surface area (Å²) in [5, 5.41) is 35.4. The third kappa shape index (κ3) is 6.78. The molecular formula is C17H19N5O7. The first kappa shape index (κ1) is 22.8. The van der Waals surface area contributed by atoms with Gasteiger partial charge in [-0.25, -0.2) is 0 Å². The largest absolute Gasteiger partial charge is 0.504 e. The highest BCUT2D eigenvalue weighted by atomic mass is 16.6. The molecule has 0 fully saturated rings. The van der Waals surface area contributed by atoms with Gasteiger partial charge in [-0.3, -0.25) is 30.4 Å². The number of non-ortho nitro benzene ring substituents is 1. The number of hydrazone groups is 1. The number of carbonyl (C=O) groups is 1. The van der Waals surface area contributed by atoms with Gasteiger partial charge in [0.2, 0.25) is 6.41 Å². The molecule has 0 atom stereocenters. The van der Waals surface area contributed by atoms with Crippen molar-refractivity contribution in [3.05, 3.63) is 62.2 Å². The number of nitro groups is 2. The van der Waals surface area contributed by atoms with Crippen molar-refractivity contribution in [2.75, 3.05) is 26.6 Å². The molecule has 1 amide bonds. The summed E-state index contributed by atoms with van der Waals surface area (Å²) in [6, 6.07) is 7.89. The second-order valence-electron chi connectivity index (χ2n) is 5.55. The Hall–Kier alpha value is -4.22. The van der Waals surface area contributed by atoms with Crippen molar-refractivity contribution in [3.8, 4) is 11.5 Å².